The van der Waals surface area contributed by atoms with Gasteiger partial charge in [0.05, 0.1) is 10.4 Å². The molecule has 1 aromatic heterocycles. The zero-order valence-corrected chi connectivity index (χ0v) is 13.1. The Balaban J connectivity index is 3.03. The van der Waals surface area contributed by atoms with E-state index in [1.807, 2.05) is 20.0 Å². The average molecular weight is 288 g/mol. The van der Waals surface area contributed by atoms with Gasteiger partial charge in [-0.05, 0) is 26.3 Å². The van der Waals surface area contributed by atoms with Gasteiger partial charge in [0, 0.05) is 31.5 Å². The Bertz CT molecular complexity index is 534. The third-order valence-electron chi connectivity index (χ3n) is 3.80. The lowest BCUT2D eigenvalue weighted by Crippen LogP contribution is -2.55. The molecule has 0 radical (unpaired) electrons. The Hall–Kier alpha value is -0.920. The minimum Gasteiger partial charge on any atom is -0.272 e. The molecular weight excluding hydrogens is 264 g/mol. The normalized spacial score (nSPS) is 14.6. The Morgan fingerprint density at radius 2 is 2.11 bits per heavy atom. The first kappa shape index (κ1) is 16.1. The van der Waals surface area contributed by atoms with Crippen LogP contribution in [0, 0.1) is 0 Å². The van der Waals surface area contributed by atoms with Crippen LogP contribution in [0.25, 0.3) is 0 Å². The quantitative estimate of drug-likeness (QED) is 0.576. The molecule has 0 amide bonds. The molecule has 0 bridgehead atoms. The van der Waals surface area contributed by atoms with Gasteiger partial charge in [-0.2, -0.15) is 5.10 Å². The molecule has 1 unspecified atom stereocenters. The van der Waals surface area contributed by atoms with Gasteiger partial charge in [0.1, 0.15) is 0 Å². The molecule has 3 N–H and O–H groups in total. The standard InChI is InChI=1S/C12H24N4O2S/c1-6-9-7-10(16(4)15-9)8-11(14-13)12(2,3)19(5,17)18/h7,11,14H,6,8,13H2,1-5H3. The van der Waals surface area contributed by atoms with E-state index in [-0.39, 0.29) is 6.04 Å². The maximum atomic E-state index is 11.9. The molecule has 0 aliphatic carbocycles. The molecule has 1 aromatic rings. The van der Waals surface area contributed by atoms with Crippen molar-refractivity contribution in [1.29, 1.82) is 0 Å². The van der Waals surface area contributed by atoms with Crippen molar-refractivity contribution in [3.05, 3.63) is 17.5 Å². The molecule has 7 heteroatoms. The lowest BCUT2D eigenvalue weighted by atomic mass is 9.98. The molecule has 0 saturated heterocycles. The molecule has 1 rings (SSSR count). The summed E-state index contributed by atoms with van der Waals surface area (Å²) in [5.41, 5.74) is 4.59. The van der Waals surface area contributed by atoms with Gasteiger partial charge in [-0.15, -0.1) is 0 Å². The second-order valence-corrected chi connectivity index (χ2v) is 8.00. The van der Waals surface area contributed by atoms with Crippen LogP contribution < -0.4 is 11.3 Å². The summed E-state index contributed by atoms with van der Waals surface area (Å²) in [5, 5.41) is 4.36. The van der Waals surface area contributed by atoms with Gasteiger partial charge >= 0.3 is 0 Å². The van der Waals surface area contributed by atoms with Crippen LogP contribution in [-0.4, -0.2) is 35.2 Å². The molecule has 0 aromatic carbocycles. The highest BCUT2D eigenvalue weighted by Crippen LogP contribution is 2.23. The summed E-state index contributed by atoms with van der Waals surface area (Å²) in [7, 11) is -1.36. The van der Waals surface area contributed by atoms with Crippen LogP contribution in [0.5, 0.6) is 0 Å². The molecule has 110 valence electrons. The van der Waals surface area contributed by atoms with Crippen LogP contribution in [0.2, 0.25) is 0 Å². The molecule has 19 heavy (non-hydrogen) atoms. The van der Waals surface area contributed by atoms with E-state index >= 15 is 0 Å². The molecule has 1 heterocycles. The largest absolute Gasteiger partial charge is 0.272 e. The van der Waals surface area contributed by atoms with Gasteiger partial charge in [-0.3, -0.25) is 16.0 Å². The second-order valence-electron chi connectivity index (χ2n) is 5.40. The van der Waals surface area contributed by atoms with Crippen LogP contribution in [-0.2, 0) is 29.7 Å². The fourth-order valence-electron chi connectivity index (χ4n) is 1.91. The molecule has 6 nitrogen and oxygen atoms in total. The number of nitrogens with zero attached hydrogens (tertiary/aromatic N) is 2. The Labute approximate surface area is 115 Å². The van der Waals surface area contributed by atoms with Gasteiger partial charge < -0.3 is 0 Å². The number of hydrogen-bond donors (Lipinski definition) is 2. The third kappa shape index (κ3) is 3.34. The van der Waals surface area contributed by atoms with Crippen molar-refractivity contribution in [3.63, 3.8) is 0 Å². The average Bonchev–Trinajstić information content (AvgIpc) is 2.65. The predicted octanol–water partition coefficient (Wildman–Crippen LogP) is 0.180. The van der Waals surface area contributed by atoms with E-state index in [4.69, 9.17) is 5.84 Å². The van der Waals surface area contributed by atoms with Gasteiger partial charge in [-0.1, -0.05) is 6.92 Å². The highest BCUT2D eigenvalue weighted by Gasteiger charge is 2.38. The highest BCUT2D eigenvalue weighted by atomic mass is 32.2. The summed E-state index contributed by atoms with van der Waals surface area (Å²) in [6, 6.07) is 1.62. The first-order chi connectivity index (χ1) is 8.63. The van der Waals surface area contributed by atoms with E-state index in [0.717, 1.165) is 17.8 Å². The molecule has 0 spiro atoms. The van der Waals surface area contributed by atoms with Gasteiger partial charge in [0.2, 0.25) is 0 Å². The van der Waals surface area contributed by atoms with Gasteiger partial charge in [-0.25, -0.2) is 8.42 Å². The van der Waals surface area contributed by atoms with Gasteiger partial charge in [0.25, 0.3) is 0 Å². The third-order valence-corrected chi connectivity index (χ3v) is 5.99. The SMILES string of the molecule is CCc1cc(CC(NN)C(C)(C)S(C)(=O)=O)n(C)n1. The van der Waals surface area contributed by atoms with Crippen molar-refractivity contribution < 1.29 is 8.42 Å². The number of nitrogens with two attached hydrogens (primary N) is 1. The number of aromatic nitrogens is 2. The number of hydrazine groups is 1. The summed E-state index contributed by atoms with van der Waals surface area (Å²) < 4.78 is 24.6. The van der Waals surface area contributed by atoms with Crippen LogP contribution >= 0.6 is 0 Å². The number of rotatable bonds is 6. The Morgan fingerprint density at radius 1 is 1.53 bits per heavy atom. The summed E-state index contributed by atoms with van der Waals surface area (Å²) in [4.78, 5) is 0. The van der Waals surface area contributed by atoms with E-state index in [1.165, 1.54) is 6.26 Å². The Kier molecular flexibility index (Phi) is 4.76. The number of hydrogen-bond acceptors (Lipinski definition) is 5. The topological polar surface area (TPSA) is 90.0 Å². The fraction of sp³-hybridized carbons (Fsp3) is 0.750. The molecule has 0 fully saturated rings. The zero-order chi connectivity index (χ0) is 14.8. The minimum absolute atomic E-state index is 0.373. The lowest BCUT2D eigenvalue weighted by molar-refractivity contribution is 0.405. The summed E-state index contributed by atoms with van der Waals surface area (Å²) in [6.07, 6.45) is 2.60. The van der Waals surface area contributed by atoms with E-state index in [9.17, 15) is 8.42 Å². The maximum absolute atomic E-state index is 11.9. The van der Waals surface area contributed by atoms with Crippen LogP contribution in [0.4, 0.5) is 0 Å². The van der Waals surface area contributed by atoms with Gasteiger partial charge in [0.15, 0.2) is 9.84 Å². The molecule has 1 atom stereocenters. The predicted molar refractivity (Wildman–Crippen MR) is 76.3 cm³/mol. The minimum atomic E-state index is -3.22. The first-order valence-electron chi connectivity index (χ1n) is 6.31. The zero-order valence-electron chi connectivity index (χ0n) is 12.3. The maximum Gasteiger partial charge on any atom is 0.154 e. The highest BCUT2D eigenvalue weighted by molar-refractivity contribution is 7.92. The van der Waals surface area contributed by atoms with Crippen molar-refractivity contribution in [1.82, 2.24) is 15.2 Å². The van der Waals surface area contributed by atoms with Crippen LogP contribution in [0.1, 0.15) is 32.2 Å². The van der Waals surface area contributed by atoms with Crippen molar-refractivity contribution in [3.8, 4) is 0 Å². The summed E-state index contributed by atoms with van der Waals surface area (Å²) in [5.74, 6) is 5.55. The molecular formula is C12H24N4O2S. The van der Waals surface area contributed by atoms with E-state index in [0.29, 0.717) is 6.42 Å². The van der Waals surface area contributed by atoms with Crippen LogP contribution in [0.3, 0.4) is 0 Å². The number of nitrogens with one attached hydrogen (secondary N) is 1. The Morgan fingerprint density at radius 3 is 2.47 bits per heavy atom. The molecule has 0 saturated carbocycles. The van der Waals surface area contributed by atoms with Crippen molar-refractivity contribution >= 4 is 9.84 Å². The monoisotopic (exact) mass is 288 g/mol. The fourth-order valence-corrected chi connectivity index (χ4v) is 2.58. The second kappa shape index (κ2) is 5.60. The summed E-state index contributed by atoms with van der Waals surface area (Å²) in [6.45, 7) is 5.40. The van der Waals surface area contributed by atoms with E-state index < -0.39 is 14.6 Å². The number of aryl methyl sites for hydroxylation is 2. The van der Waals surface area contributed by atoms with Crippen LogP contribution in [0.15, 0.2) is 6.07 Å². The summed E-state index contributed by atoms with van der Waals surface area (Å²) >= 11 is 0. The molecule has 0 aliphatic heterocycles. The number of sulfone groups is 1. The van der Waals surface area contributed by atoms with Crippen molar-refractivity contribution in [2.75, 3.05) is 6.26 Å². The first-order valence-corrected chi connectivity index (χ1v) is 8.20. The van der Waals surface area contributed by atoms with E-state index in [2.05, 4.69) is 10.5 Å². The lowest BCUT2D eigenvalue weighted by Gasteiger charge is -2.32. The van der Waals surface area contributed by atoms with Crippen molar-refractivity contribution in [2.45, 2.75) is 44.4 Å². The molecule has 0 aliphatic rings. The van der Waals surface area contributed by atoms with Crippen molar-refractivity contribution in [2.24, 2.45) is 12.9 Å². The smallest absolute Gasteiger partial charge is 0.154 e. The van der Waals surface area contributed by atoms with E-state index in [1.54, 1.807) is 18.5 Å².